The molecule has 0 aromatic heterocycles. The lowest BCUT2D eigenvalue weighted by molar-refractivity contribution is -0.141. The molecule has 5 rings (SSSR count). The summed E-state index contributed by atoms with van der Waals surface area (Å²) in [5, 5.41) is 0. The van der Waals surface area contributed by atoms with Crippen molar-refractivity contribution in [3.8, 4) is 17.2 Å². The molecule has 32 heavy (non-hydrogen) atoms. The zero-order valence-electron chi connectivity index (χ0n) is 18.5. The number of nitrogens with zero attached hydrogens (tertiary/aromatic N) is 2. The third-order valence-corrected chi connectivity index (χ3v) is 6.81. The van der Waals surface area contributed by atoms with E-state index in [1.165, 1.54) is 5.56 Å². The molecule has 2 aromatic carbocycles. The Balaban J connectivity index is 1.19. The van der Waals surface area contributed by atoms with Gasteiger partial charge in [0.25, 0.3) is 0 Å². The molecule has 3 heterocycles. The molecule has 0 radical (unpaired) electrons. The maximum Gasteiger partial charge on any atom is 0.231 e. The van der Waals surface area contributed by atoms with Crippen LogP contribution in [-0.2, 0) is 11.3 Å². The summed E-state index contributed by atoms with van der Waals surface area (Å²) in [5.41, 5.74) is 2.28. The number of ether oxygens (including phenoxy) is 3. The molecule has 6 heteroatoms. The van der Waals surface area contributed by atoms with Gasteiger partial charge in [0.2, 0.25) is 12.7 Å². The standard InChI is InChI=1S/C26H30N2O4/c1-30-22-8-4-19(5-9-22)3-2-13-27-14-12-23-21(17-27)7-11-26(29)28(23)16-20-6-10-24-25(15-20)32-18-31-24/h2-6,8-10,15,21,23H,7,11-14,16-18H2,1H3/t21-,23+/m1/s1. The van der Waals surface area contributed by atoms with Gasteiger partial charge in [0.15, 0.2) is 11.5 Å². The molecular weight excluding hydrogens is 404 g/mol. The van der Waals surface area contributed by atoms with Crippen molar-refractivity contribution in [1.82, 2.24) is 9.80 Å². The van der Waals surface area contributed by atoms with Crippen molar-refractivity contribution in [1.29, 1.82) is 0 Å². The highest BCUT2D eigenvalue weighted by Gasteiger charge is 2.39. The van der Waals surface area contributed by atoms with Crippen molar-refractivity contribution >= 4 is 12.0 Å². The first-order valence-corrected chi connectivity index (χ1v) is 11.4. The quantitative estimate of drug-likeness (QED) is 0.689. The van der Waals surface area contributed by atoms with E-state index in [9.17, 15) is 4.79 Å². The van der Waals surface area contributed by atoms with Crippen LogP contribution in [-0.4, -0.2) is 55.3 Å². The molecule has 2 aromatic rings. The highest BCUT2D eigenvalue weighted by atomic mass is 16.7. The smallest absolute Gasteiger partial charge is 0.231 e. The Bertz CT molecular complexity index is 988. The van der Waals surface area contributed by atoms with Crippen LogP contribution in [0.2, 0.25) is 0 Å². The van der Waals surface area contributed by atoms with E-state index >= 15 is 0 Å². The third-order valence-electron chi connectivity index (χ3n) is 6.81. The number of hydrogen-bond donors (Lipinski definition) is 0. The van der Waals surface area contributed by atoms with Gasteiger partial charge in [0.1, 0.15) is 5.75 Å². The van der Waals surface area contributed by atoms with Crippen molar-refractivity contribution in [2.75, 3.05) is 33.5 Å². The lowest BCUT2D eigenvalue weighted by Gasteiger charge is -2.47. The number of fused-ring (bicyclic) bond motifs is 2. The van der Waals surface area contributed by atoms with Gasteiger partial charge >= 0.3 is 0 Å². The number of hydrogen-bond acceptors (Lipinski definition) is 5. The Morgan fingerprint density at radius 3 is 2.78 bits per heavy atom. The minimum atomic E-state index is 0.273. The second-order valence-electron chi connectivity index (χ2n) is 8.80. The van der Waals surface area contributed by atoms with Crippen LogP contribution in [0.25, 0.3) is 6.08 Å². The average molecular weight is 435 g/mol. The van der Waals surface area contributed by atoms with Gasteiger partial charge in [0, 0.05) is 38.6 Å². The molecule has 3 aliphatic heterocycles. The number of methoxy groups -OCH3 is 1. The second kappa shape index (κ2) is 9.25. The largest absolute Gasteiger partial charge is 0.497 e. The Hall–Kier alpha value is -2.99. The predicted octanol–water partition coefficient (Wildman–Crippen LogP) is 3.95. The summed E-state index contributed by atoms with van der Waals surface area (Å²) in [7, 11) is 1.68. The van der Waals surface area contributed by atoms with E-state index in [4.69, 9.17) is 14.2 Å². The maximum absolute atomic E-state index is 12.8. The number of rotatable bonds is 6. The molecule has 0 bridgehead atoms. The number of amides is 1. The van der Waals surface area contributed by atoms with Gasteiger partial charge in [-0.2, -0.15) is 0 Å². The van der Waals surface area contributed by atoms with Crippen molar-refractivity contribution < 1.29 is 19.0 Å². The highest BCUT2D eigenvalue weighted by molar-refractivity contribution is 5.77. The first-order chi connectivity index (χ1) is 15.7. The SMILES string of the molecule is COc1ccc(C=CCN2CC[C@H]3[C@H](CCC(=O)N3Cc3ccc4c(c3)OCO4)C2)cc1. The van der Waals surface area contributed by atoms with Gasteiger partial charge in [-0.15, -0.1) is 0 Å². The minimum Gasteiger partial charge on any atom is -0.497 e. The molecule has 0 N–H and O–H groups in total. The highest BCUT2D eigenvalue weighted by Crippen LogP contribution is 2.35. The van der Waals surface area contributed by atoms with Gasteiger partial charge in [-0.05, 0) is 54.2 Å². The molecule has 2 fully saturated rings. The monoisotopic (exact) mass is 434 g/mol. The average Bonchev–Trinajstić information content (AvgIpc) is 3.29. The number of piperidine rings is 2. The first-order valence-electron chi connectivity index (χ1n) is 11.4. The van der Waals surface area contributed by atoms with E-state index in [-0.39, 0.29) is 12.7 Å². The van der Waals surface area contributed by atoms with E-state index in [0.29, 0.717) is 24.9 Å². The molecule has 2 atom stereocenters. The van der Waals surface area contributed by atoms with Gasteiger partial charge in [-0.3, -0.25) is 9.69 Å². The normalized spacial score (nSPS) is 22.9. The van der Waals surface area contributed by atoms with Crippen molar-refractivity contribution in [3.05, 3.63) is 59.7 Å². The lowest BCUT2D eigenvalue weighted by Crippen LogP contribution is -2.55. The first kappa shape index (κ1) is 20.9. The predicted molar refractivity (Wildman–Crippen MR) is 123 cm³/mol. The van der Waals surface area contributed by atoms with Crippen LogP contribution >= 0.6 is 0 Å². The molecular formula is C26H30N2O4. The molecule has 0 spiro atoms. The van der Waals surface area contributed by atoms with Crippen molar-refractivity contribution in [2.45, 2.75) is 31.8 Å². The summed E-state index contributed by atoms with van der Waals surface area (Å²) >= 11 is 0. The zero-order valence-corrected chi connectivity index (χ0v) is 18.5. The van der Waals surface area contributed by atoms with Crippen LogP contribution in [0.3, 0.4) is 0 Å². The fraction of sp³-hybridized carbons (Fsp3) is 0.423. The molecule has 0 saturated carbocycles. The van der Waals surface area contributed by atoms with E-state index in [0.717, 1.165) is 55.3 Å². The molecule has 0 unspecified atom stereocenters. The molecule has 3 aliphatic rings. The summed E-state index contributed by atoms with van der Waals surface area (Å²) < 4.78 is 16.1. The summed E-state index contributed by atoms with van der Waals surface area (Å²) in [5.74, 6) is 3.25. The number of carbonyl (C=O) groups excluding carboxylic acids is 1. The van der Waals surface area contributed by atoms with Crippen LogP contribution in [0.1, 0.15) is 30.4 Å². The fourth-order valence-corrected chi connectivity index (χ4v) is 5.09. The van der Waals surface area contributed by atoms with Crippen molar-refractivity contribution in [2.24, 2.45) is 5.92 Å². The number of likely N-dealkylation sites (tertiary alicyclic amines) is 2. The van der Waals surface area contributed by atoms with E-state index in [1.807, 2.05) is 30.3 Å². The maximum atomic E-state index is 12.8. The summed E-state index contributed by atoms with van der Waals surface area (Å²) in [4.78, 5) is 17.4. The van der Waals surface area contributed by atoms with Crippen LogP contribution in [0, 0.1) is 5.92 Å². The summed E-state index contributed by atoms with van der Waals surface area (Å²) in [6, 6.07) is 14.4. The van der Waals surface area contributed by atoms with Crippen LogP contribution in [0.4, 0.5) is 0 Å². The van der Waals surface area contributed by atoms with Crippen molar-refractivity contribution in [3.63, 3.8) is 0 Å². The van der Waals surface area contributed by atoms with Gasteiger partial charge in [-0.25, -0.2) is 0 Å². The third kappa shape index (κ3) is 4.46. The minimum absolute atomic E-state index is 0.273. The molecule has 6 nitrogen and oxygen atoms in total. The molecule has 2 saturated heterocycles. The Kier molecular flexibility index (Phi) is 6.04. The summed E-state index contributed by atoms with van der Waals surface area (Å²) in [6.07, 6.45) is 7.06. The molecule has 1 amide bonds. The van der Waals surface area contributed by atoms with Crippen LogP contribution in [0.5, 0.6) is 17.2 Å². The second-order valence-corrected chi connectivity index (χ2v) is 8.80. The Labute approximate surface area is 189 Å². The lowest BCUT2D eigenvalue weighted by atomic mass is 9.83. The topological polar surface area (TPSA) is 51.2 Å². The Morgan fingerprint density at radius 2 is 1.94 bits per heavy atom. The fourth-order valence-electron chi connectivity index (χ4n) is 5.09. The Morgan fingerprint density at radius 1 is 1.09 bits per heavy atom. The van der Waals surface area contributed by atoms with E-state index in [1.54, 1.807) is 7.11 Å². The van der Waals surface area contributed by atoms with Gasteiger partial charge < -0.3 is 19.1 Å². The van der Waals surface area contributed by atoms with E-state index < -0.39 is 0 Å². The van der Waals surface area contributed by atoms with Crippen LogP contribution in [0.15, 0.2) is 48.5 Å². The van der Waals surface area contributed by atoms with Crippen LogP contribution < -0.4 is 14.2 Å². The summed E-state index contributed by atoms with van der Waals surface area (Å²) in [6.45, 7) is 3.91. The molecule has 0 aliphatic carbocycles. The van der Waals surface area contributed by atoms with E-state index in [2.05, 4.69) is 34.1 Å². The van der Waals surface area contributed by atoms with Gasteiger partial charge in [-0.1, -0.05) is 30.4 Å². The number of benzene rings is 2. The zero-order chi connectivity index (χ0) is 21.9. The number of carbonyl (C=O) groups is 1. The molecule has 168 valence electrons. The van der Waals surface area contributed by atoms with Gasteiger partial charge in [0.05, 0.1) is 7.11 Å².